The molecule has 0 aliphatic carbocycles. The van der Waals surface area contributed by atoms with E-state index < -0.39 is 18.0 Å². The number of H-pyrrole nitrogens is 1. The molecule has 1 aromatic heterocycles. The van der Waals surface area contributed by atoms with Gasteiger partial charge in [-0.3, -0.25) is 9.89 Å². The van der Waals surface area contributed by atoms with Crippen LogP contribution in [-0.2, 0) is 0 Å². The Hall–Kier alpha value is -2.71. The Morgan fingerprint density at radius 1 is 1.35 bits per heavy atom. The molecule has 0 aliphatic rings. The topological polar surface area (TPSA) is 93.0 Å². The van der Waals surface area contributed by atoms with Gasteiger partial charge in [-0.2, -0.15) is 5.10 Å². The molecule has 20 heavy (non-hydrogen) atoms. The first-order chi connectivity index (χ1) is 9.33. The number of benzene rings is 1. The molecule has 0 aliphatic heterocycles. The highest BCUT2D eigenvalue weighted by atomic mass is 19.4. The Kier molecular flexibility index (Phi) is 3.51. The van der Waals surface area contributed by atoms with E-state index in [1.807, 2.05) is 0 Å². The van der Waals surface area contributed by atoms with Crippen molar-refractivity contribution in [1.29, 1.82) is 0 Å². The van der Waals surface area contributed by atoms with Crippen LogP contribution in [0.15, 0.2) is 30.3 Å². The SMILES string of the molecule is Nc1cc(C(=O)Nc2cccc(OC(F)(F)F)c2)[nH]n1. The van der Waals surface area contributed by atoms with Crippen molar-refractivity contribution in [2.45, 2.75) is 6.36 Å². The van der Waals surface area contributed by atoms with Crippen molar-refractivity contribution in [3.05, 3.63) is 36.0 Å². The molecule has 6 nitrogen and oxygen atoms in total. The van der Waals surface area contributed by atoms with Crippen LogP contribution in [0.1, 0.15) is 10.5 Å². The third kappa shape index (κ3) is 3.64. The number of carbonyl (C=O) groups excluding carboxylic acids is 1. The Labute approximate surface area is 110 Å². The summed E-state index contributed by atoms with van der Waals surface area (Å²) < 4.78 is 39.9. The fourth-order valence-electron chi connectivity index (χ4n) is 1.42. The van der Waals surface area contributed by atoms with Crippen LogP contribution < -0.4 is 15.8 Å². The molecule has 9 heteroatoms. The van der Waals surface area contributed by atoms with Gasteiger partial charge in [0.15, 0.2) is 0 Å². The van der Waals surface area contributed by atoms with E-state index in [0.717, 1.165) is 12.1 Å². The molecule has 1 heterocycles. The number of hydrogen-bond donors (Lipinski definition) is 3. The number of rotatable bonds is 3. The zero-order chi connectivity index (χ0) is 14.8. The molecule has 0 saturated heterocycles. The van der Waals surface area contributed by atoms with Gasteiger partial charge in [-0.05, 0) is 12.1 Å². The van der Waals surface area contributed by atoms with E-state index in [4.69, 9.17) is 5.73 Å². The second-order valence-electron chi connectivity index (χ2n) is 3.74. The minimum Gasteiger partial charge on any atom is -0.406 e. The number of alkyl halides is 3. The second-order valence-corrected chi connectivity index (χ2v) is 3.74. The van der Waals surface area contributed by atoms with E-state index in [1.165, 1.54) is 18.2 Å². The van der Waals surface area contributed by atoms with E-state index in [0.29, 0.717) is 0 Å². The van der Waals surface area contributed by atoms with Crippen molar-refractivity contribution in [2.75, 3.05) is 11.1 Å². The first kappa shape index (κ1) is 13.7. The first-order valence-electron chi connectivity index (χ1n) is 5.31. The summed E-state index contributed by atoms with van der Waals surface area (Å²) in [5.41, 5.74) is 5.57. The van der Waals surface area contributed by atoms with Gasteiger partial charge in [0.25, 0.3) is 5.91 Å². The maximum atomic E-state index is 12.1. The van der Waals surface area contributed by atoms with Crippen LogP contribution >= 0.6 is 0 Å². The van der Waals surface area contributed by atoms with Crippen molar-refractivity contribution < 1.29 is 22.7 Å². The predicted molar refractivity (Wildman–Crippen MR) is 64.1 cm³/mol. The van der Waals surface area contributed by atoms with Crippen molar-refractivity contribution in [2.24, 2.45) is 0 Å². The van der Waals surface area contributed by atoms with E-state index in [-0.39, 0.29) is 17.2 Å². The number of halogens is 3. The molecular formula is C11H9F3N4O2. The molecule has 2 aromatic rings. The number of carbonyl (C=O) groups is 1. The zero-order valence-electron chi connectivity index (χ0n) is 9.86. The van der Waals surface area contributed by atoms with Crippen LogP contribution in [0.4, 0.5) is 24.7 Å². The fraction of sp³-hybridized carbons (Fsp3) is 0.0909. The summed E-state index contributed by atoms with van der Waals surface area (Å²) in [5.74, 6) is -0.887. The molecule has 0 saturated carbocycles. The number of ether oxygens (including phenoxy) is 1. The molecule has 0 fully saturated rings. The minimum absolute atomic E-state index is 0.0876. The summed E-state index contributed by atoms with van der Waals surface area (Å²) in [6.45, 7) is 0. The number of hydrogen-bond acceptors (Lipinski definition) is 4. The molecule has 2 rings (SSSR count). The summed E-state index contributed by atoms with van der Waals surface area (Å²) in [4.78, 5) is 11.7. The van der Waals surface area contributed by atoms with Gasteiger partial charge in [0.05, 0.1) is 0 Å². The molecule has 1 amide bonds. The molecule has 0 unspecified atom stereocenters. The summed E-state index contributed by atoms with van der Waals surface area (Å²) in [5, 5.41) is 8.33. The van der Waals surface area contributed by atoms with Crippen LogP contribution in [-0.4, -0.2) is 22.5 Å². The van der Waals surface area contributed by atoms with Crippen molar-refractivity contribution in [3.63, 3.8) is 0 Å². The monoisotopic (exact) mass is 286 g/mol. The average Bonchev–Trinajstić information content (AvgIpc) is 2.74. The van der Waals surface area contributed by atoms with Crippen molar-refractivity contribution in [1.82, 2.24) is 10.2 Å². The summed E-state index contributed by atoms with van der Waals surface area (Å²) >= 11 is 0. The smallest absolute Gasteiger partial charge is 0.406 e. The normalized spacial score (nSPS) is 11.2. The largest absolute Gasteiger partial charge is 0.573 e. The van der Waals surface area contributed by atoms with Crippen LogP contribution in [0.5, 0.6) is 5.75 Å². The number of nitrogens with two attached hydrogens (primary N) is 1. The third-order valence-corrected chi connectivity index (χ3v) is 2.17. The van der Waals surface area contributed by atoms with E-state index >= 15 is 0 Å². The predicted octanol–water partition coefficient (Wildman–Crippen LogP) is 2.14. The molecule has 1 aromatic carbocycles. The standard InChI is InChI=1S/C11H9F3N4O2/c12-11(13,14)20-7-3-1-2-6(4-7)16-10(19)8-5-9(15)18-17-8/h1-5H,(H,16,19)(H3,15,17,18). The van der Waals surface area contributed by atoms with Crippen molar-refractivity contribution in [3.8, 4) is 5.75 Å². The zero-order valence-corrected chi connectivity index (χ0v) is 9.86. The summed E-state index contributed by atoms with van der Waals surface area (Å²) in [7, 11) is 0. The second kappa shape index (κ2) is 5.11. The molecule has 0 radical (unpaired) electrons. The van der Waals surface area contributed by atoms with E-state index in [2.05, 4.69) is 20.3 Å². The van der Waals surface area contributed by atoms with Crippen LogP contribution in [0, 0.1) is 0 Å². The number of amides is 1. The number of nitrogens with zero attached hydrogens (tertiary/aromatic N) is 1. The van der Waals surface area contributed by atoms with Gasteiger partial charge in [0, 0.05) is 17.8 Å². The lowest BCUT2D eigenvalue weighted by atomic mass is 10.3. The quantitative estimate of drug-likeness (QED) is 0.806. The van der Waals surface area contributed by atoms with Crippen LogP contribution in [0.3, 0.4) is 0 Å². The maximum absolute atomic E-state index is 12.1. The Morgan fingerprint density at radius 3 is 2.70 bits per heavy atom. The van der Waals surface area contributed by atoms with E-state index in [9.17, 15) is 18.0 Å². The Morgan fingerprint density at radius 2 is 2.10 bits per heavy atom. The lowest BCUT2D eigenvalue weighted by molar-refractivity contribution is -0.274. The Bertz CT molecular complexity index is 624. The lowest BCUT2D eigenvalue weighted by Gasteiger charge is -2.10. The molecule has 4 N–H and O–H groups in total. The van der Waals surface area contributed by atoms with Gasteiger partial charge in [0.2, 0.25) is 0 Å². The van der Waals surface area contributed by atoms with Crippen LogP contribution in [0.2, 0.25) is 0 Å². The maximum Gasteiger partial charge on any atom is 0.573 e. The lowest BCUT2D eigenvalue weighted by Crippen LogP contribution is -2.17. The highest BCUT2D eigenvalue weighted by Crippen LogP contribution is 2.25. The minimum atomic E-state index is -4.79. The number of nitrogens with one attached hydrogen (secondary N) is 2. The van der Waals surface area contributed by atoms with Gasteiger partial charge >= 0.3 is 6.36 Å². The molecule has 0 spiro atoms. The van der Waals surface area contributed by atoms with Gasteiger partial charge < -0.3 is 15.8 Å². The van der Waals surface area contributed by atoms with Crippen molar-refractivity contribution >= 4 is 17.4 Å². The highest BCUT2D eigenvalue weighted by Gasteiger charge is 2.31. The van der Waals surface area contributed by atoms with Crippen LogP contribution in [0.25, 0.3) is 0 Å². The third-order valence-electron chi connectivity index (χ3n) is 2.17. The summed E-state index contributed by atoms with van der Waals surface area (Å²) in [6, 6.07) is 6.20. The Balaban J connectivity index is 2.10. The fourth-order valence-corrected chi connectivity index (χ4v) is 1.42. The number of aromatic amines is 1. The number of nitrogen functional groups attached to an aromatic ring is 1. The highest BCUT2D eigenvalue weighted by molar-refractivity contribution is 6.03. The van der Waals surface area contributed by atoms with Gasteiger partial charge in [0.1, 0.15) is 17.3 Å². The van der Waals surface area contributed by atoms with E-state index in [1.54, 1.807) is 0 Å². The summed E-state index contributed by atoms with van der Waals surface area (Å²) in [6.07, 6.45) is -4.79. The molecule has 106 valence electrons. The average molecular weight is 286 g/mol. The first-order valence-corrected chi connectivity index (χ1v) is 5.31. The van der Waals surface area contributed by atoms with Gasteiger partial charge in [-0.1, -0.05) is 6.07 Å². The van der Waals surface area contributed by atoms with Gasteiger partial charge in [-0.15, -0.1) is 13.2 Å². The molecular weight excluding hydrogens is 277 g/mol. The molecule has 0 atom stereocenters. The number of anilines is 2. The molecule has 0 bridgehead atoms. The van der Waals surface area contributed by atoms with Gasteiger partial charge in [-0.25, -0.2) is 0 Å². The number of aromatic nitrogens is 2.